The van der Waals surface area contributed by atoms with Crippen molar-refractivity contribution in [2.24, 2.45) is 0 Å². The van der Waals surface area contributed by atoms with Crippen molar-refractivity contribution in [2.75, 3.05) is 18.1 Å². The third-order valence-electron chi connectivity index (χ3n) is 1.85. The molecule has 1 aromatic rings. The number of nitrogen functional groups attached to an aromatic ring is 1. The number of nitrogens with two attached hydrogens (primary N) is 1. The largest absolute Gasteiger partial charge is 0.492 e. The molecule has 0 spiro atoms. The van der Waals surface area contributed by atoms with Crippen molar-refractivity contribution in [2.45, 2.75) is 6.92 Å². The monoisotopic (exact) mass is 231 g/mol. The fourth-order valence-electron chi connectivity index (χ4n) is 1.00. The number of hydrogen-bond donors (Lipinski definition) is 2. The summed E-state index contributed by atoms with van der Waals surface area (Å²) in [5.41, 5.74) is 7.11. The van der Waals surface area contributed by atoms with Gasteiger partial charge < -0.3 is 10.5 Å². The van der Waals surface area contributed by atoms with Gasteiger partial charge in [0.1, 0.15) is 18.1 Å². The molecule has 0 aliphatic heterocycles. The standard InChI is InChI=1S/C9H13NO4S/c1-7-6-8(2-3-9(7)10)14-4-5-15(11,12)13/h2-3,6H,4-5,10H2,1H3,(H,11,12,13). The fraction of sp³-hybridized carbons (Fsp3) is 0.333. The summed E-state index contributed by atoms with van der Waals surface area (Å²) in [6.07, 6.45) is 0. The minimum atomic E-state index is -3.96. The predicted octanol–water partition coefficient (Wildman–Crippen LogP) is 0.844. The molecule has 0 aliphatic carbocycles. The third kappa shape index (κ3) is 4.18. The molecule has 0 saturated carbocycles. The predicted molar refractivity (Wildman–Crippen MR) is 57.5 cm³/mol. The van der Waals surface area contributed by atoms with Gasteiger partial charge in [-0.1, -0.05) is 0 Å². The van der Waals surface area contributed by atoms with Crippen LogP contribution < -0.4 is 10.5 Å². The van der Waals surface area contributed by atoms with E-state index in [0.29, 0.717) is 11.4 Å². The Morgan fingerprint density at radius 1 is 1.47 bits per heavy atom. The van der Waals surface area contributed by atoms with Crippen LogP contribution in [0.1, 0.15) is 5.56 Å². The van der Waals surface area contributed by atoms with Gasteiger partial charge in [-0.2, -0.15) is 8.42 Å². The molecule has 0 atom stereocenters. The van der Waals surface area contributed by atoms with Crippen LogP contribution in [-0.2, 0) is 10.1 Å². The van der Waals surface area contributed by atoms with Crippen LogP contribution in [-0.4, -0.2) is 25.3 Å². The summed E-state index contributed by atoms with van der Waals surface area (Å²) >= 11 is 0. The highest BCUT2D eigenvalue weighted by Crippen LogP contribution is 2.18. The van der Waals surface area contributed by atoms with Gasteiger partial charge in [0.05, 0.1) is 0 Å². The Kier molecular flexibility index (Phi) is 3.54. The molecule has 0 bridgehead atoms. The van der Waals surface area contributed by atoms with E-state index >= 15 is 0 Å². The first-order valence-corrected chi connectivity index (χ1v) is 5.93. The summed E-state index contributed by atoms with van der Waals surface area (Å²) in [5, 5.41) is 0. The highest BCUT2D eigenvalue weighted by molar-refractivity contribution is 7.85. The van der Waals surface area contributed by atoms with Crippen LogP contribution in [0.2, 0.25) is 0 Å². The smallest absolute Gasteiger partial charge is 0.268 e. The van der Waals surface area contributed by atoms with Crippen molar-refractivity contribution in [3.05, 3.63) is 23.8 Å². The Hall–Kier alpha value is -1.27. The zero-order valence-electron chi connectivity index (χ0n) is 8.30. The quantitative estimate of drug-likeness (QED) is 0.592. The Bertz CT molecular complexity index is 441. The molecule has 1 rings (SSSR count). The van der Waals surface area contributed by atoms with Crippen LogP contribution in [0.4, 0.5) is 5.69 Å². The zero-order valence-corrected chi connectivity index (χ0v) is 9.12. The van der Waals surface area contributed by atoms with E-state index in [1.807, 2.05) is 6.92 Å². The van der Waals surface area contributed by atoms with E-state index in [-0.39, 0.29) is 6.61 Å². The van der Waals surface area contributed by atoms with E-state index < -0.39 is 15.9 Å². The van der Waals surface area contributed by atoms with Crippen LogP contribution in [0, 0.1) is 6.92 Å². The SMILES string of the molecule is Cc1cc(OCCS(=O)(=O)O)ccc1N. The highest BCUT2D eigenvalue weighted by atomic mass is 32.2. The number of ether oxygens (including phenoxy) is 1. The molecule has 1 aromatic carbocycles. The fourth-order valence-corrected chi connectivity index (χ4v) is 1.30. The second-order valence-corrected chi connectivity index (χ2v) is 4.72. The molecular formula is C9H13NO4S. The molecule has 0 aliphatic rings. The van der Waals surface area contributed by atoms with E-state index in [4.69, 9.17) is 15.0 Å². The maximum atomic E-state index is 10.4. The topological polar surface area (TPSA) is 89.6 Å². The van der Waals surface area contributed by atoms with E-state index in [9.17, 15) is 8.42 Å². The van der Waals surface area contributed by atoms with Crippen molar-refractivity contribution in [3.8, 4) is 5.75 Å². The molecule has 15 heavy (non-hydrogen) atoms. The molecule has 0 unspecified atom stereocenters. The van der Waals surface area contributed by atoms with Crippen molar-refractivity contribution in [1.82, 2.24) is 0 Å². The van der Waals surface area contributed by atoms with Gasteiger partial charge in [-0.25, -0.2) is 0 Å². The molecule has 0 radical (unpaired) electrons. The minimum Gasteiger partial charge on any atom is -0.492 e. The summed E-state index contributed by atoms with van der Waals surface area (Å²) in [6, 6.07) is 5.03. The molecule has 0 saturated heterocycles. The summed E-state index contributed by atoms with van der Waals surface area (Å²) in [5.74, 6) is 0.113. The average Bonchev–Trinajstić information content (AvgIpc) is 2.09. The maximum Gasteiger partial charge on any atom is 0.268 e. The summed E-state index contributed by atoms with van der Waals surface area (Å²) < 4.78 is 34.4. The third-order valence-corrected chi connectivity index (χ3v) is 2.53. The van der Waals surface area contributed by atoms with Crippen molar-refractivity contribution >= 4 is 15.8 Å². The zero-order chi connectivity index (χ0) is 11.5. The van der Waals surface area contributed by atoms with Crippen LogP contribution in [0.25, 0.3) is 0 Å². The van der Waals surface area contributed by atoms with Crippen molar-refractivity contribution < 1.29 is 17.7 Å². The van der Waals surface area contributed by atoms with Gasteiger partial charge in [-0.3, -0.25) is 4.55 Å². The lowest BCUT2D eigenvalue weighted by atomic mass is 10.2. The summed E-state index contributed by atoms with van der Waals surface area (Å²) in [6.45, 7) is 1.74. The van der Waals surface area contributed by atoms with Gasteiger partial charge >= 0.3 is 0 Å². The van der Waals surface area contributed by atoms with Crippen LogP contribution in [0.5, 0.6) is 5.75 Å². The Morgan fingerprint density at radius 3 is 2.67 bits per heavy atom. The van der Waals surface area contributed by atoms with Crippen LogP contribution >= 0.6 is 0 Å². The first-order valence-electron chi connectivity index (χ1n) is 4.32. The average molecular weight is 231 g/mol. The van der Waals surface area contributed by atoms with E-state index in [2.05, 4.69) is 0 Å². The first-order chi connectivity index (χ1) is 6.88. The molecule has 0 aromatic heterocycles. The number of anilines is 1. The lowest BCUT2D eigenvalue weighted by molar-refractivity contribution is 0.335. The first kappa shape index (κ1) is 11.8. The Morgan fingerprint density at radius 2 is 2.13 bits per heavy atom. The van der Waals surface area contributed by atoms with Crippen molar-refractivity contribution in [1.29, 1.82) is 0 Å². The molecule has 3 N–H and O–H groups in total. The summed E-state index contributed by atoms with van der Waals surface area (Å²) in [7, 11) is -3.96. The van der Waals surface area contributed by atoms with Crippen LogP contribution in [0.3, 0.4) is 0 Å². The van der Waals surface area contributed by atoms with Gasteiger partial charge in [-0.15, -0.1) is 0 Å². The highest BCUT2D eigenvalue weighted by Gasteiger charge is 2.04. The van der Waals surface area contributed by atoms with Gasteiger partial charge in [0.15, 0.2) is 0 Å². The van der Waals surface area contributed by atoms with Gasteiger partial charge in [0.2, 0.25) is 0 Å². The van der Waals surface area contributed by atoms with Gasteiger partial charge in [0, 0.05) is 5.69 Å². The molecule has 0 fully saturated rings. The van der Waals surface area contributed by atoms with Crippen LogP contribution in [0.15, 0.2) is 18.2 Å². The minimum absolute atomic E-state index is 0.0812. The van der Waals surface area contributed by atoms with E-state index in [1.165, 1.54) is 0 Å². The number of rotatable bonds is 4. The lowest BCUT2D eigenvalue weighted by Gasteiger charge is -2.06. The number of hydrogen-bond acceptors (Lipinski definition) is 4. The van der Waals surface area contributed by atoms with Crippen molar-refractivity contribution in [3.63, 3.8) is 0 Å². The maximum absolute atomic E-state index is 10.4. The molecule has 6 heteroatoms. The normalized spacial score (nSPS) is 11.3. The molecule has 5 nitrogen and oxygen atoms in total. The Balaban J connectivity index is 2.55. The second kappa shape index (κ2) is 4.50. The van der Waals surface area contributed by atoms with Gasteiger partial charge in [-0.05, 0) is 30.7 Å². The second-order valence-electron chi connectivity index (χ2n) is 3.15. The number of aryl methyl sites for hydroxylation is 1. The lowest BCUT2D eigenvalue weighted by Crippen LogP contribution is -2.12. The molecule has 0 heterocycles. The molecule has 84 valence electrons. The Labute approximate surface area is 88.6 Å². The number of benzene rings is 1. The van der Waals surface area contributed by atoms with E-state index in [0.717, 1.165) is 5.56 Å². The molecule has 0 amide bonds. The molecular weight excluding hydrogens is 218 g/mol. The summed E-state index contributed by atoms with van der Waals surface area (Å²) in [4.78, 5) is 0. The van der Waals surface area contributed by atoms with E-state index in [1.54, 1.807) is 18.2 Å². The van der Waals surface area contributed by atoms with Gasteiger partial charge in [0.25, 0.3) is 10.1 Å².